The van der Waals surface area contributed by atoms with Gasteiger partial charge in [-0.2, -0.15) is 20.7 Å². The second-order valence-corrected chi connectivity index (χ2v) is 5.83. The maximum Gasteiger partial charge on any atom is 0.103 e. The van der Waals surface area contributed by atoms with Gasteiger partial charge in [0.1, 0.15) is 6.07 Å². The predicted octanol–water partition coefficient (Wildman–Crippen LogP) is 1.84. The van der Waals surface area contributed by atoms with E-state index in [9.17, 15) is 5.26 Å². The monoisotopic (exact) mass is 320 g/mol. The summed E-state index contributed by atoms with van der Waals surface area (Å²) in [7, 11) is 1.71. The Morgan fingerprint density at radius 2 is 2.17 bits per heavy atom. The summed E-state index contributed by atoms with van der Waals surface area (Å²) in [4.78, 5) is 6.57. The van der Waals surface area contributed by atoms with Gasteiger partial charge in [0.15, 0.2) is 0 Å². The van der Waals surface area contributed by atoms with Crippen LogP contribution in [0, 0.1) is 11.3 Å². The Balaban J connectivity index is 1.79. The molecule has 4 rings (SSSR count). The molecule has 0 unspecified atom stereocenters. The minimum Gasteiger partial charge on any atom is -0.379 e. The summed E-state index contributed by atoms with van der Waals surface area (Å²) < 4.78 is 5.66. The first-order valence-electron chi connectivity index (χ1n) is 7.73. The topological polar surface area (TPSA) is 90.7 Å². The summed E-state index contributed by atoms with van der Waals surface area (Å²) in [5.74, 6) is 0.104. The Kier molecular flexibility index (Phi) is 3.59. The molecule has 3 aromatic rings. The lowest BCUT2D eigenvalue weighted by molar-refractivity contribution is 0.106. The quantitative estimate of drug-likeness (QED) is 0.792. The highest BCUT2D eigenvalue weighted by atomic mass is 16.5. The molecule has 7 nitrogen and oxygen atoms in total. The molecule has 0 saturated carbocycles. The minimum absolute atomic E-state index is 0.00595. The van der Waals surface area contributed by atoms with Gasteiger partial charge in [0.2, 0.25) is 0 Å². The smallest absolute Gasteiger partial charge is 0.103 e. The van der Waals surface area contributed by atoms with Gasteiger partial charge in [-0.15, -0.1) is 0 Å². The lowest BCUT2D eigenvalue weighted by Gasteiger charge is -2.21. The number of nitriles is 1. The lowest BCUT2D eigenvalue weighted by Crippen LogP contribution is -2.23. The van der Waals surface area contributed by atoms with E-state index < -0.39 is 0 Å². The third-order valence-corrected chi connectivity index (χ3v) is 4.57. The third kappa shape index (κ3) is 2.28. The summed E-state index contributed by atoms with van der Waals surface area (Å²) in [6.07, 6.45) is 3.37. The van der Waals surface area contributed by atoms with Crippen molar-refractivity contribution < 1.29 is 4.74 Å². The maximum atomic E-state index is 9.54. The fourth-order valence-electron chi connectivity index (χ4n) is 3.42. The van der Waals surface area contributed by atoms with E-state index in [0.29, 0.717) is 18.7 Å². The normalized spacial score (nSPS) is 20.4. The Hall–Kier alpha value is -2.98. The van der Waals surface area contributed by atoms with Gasteiger partial charge < -0.3 is 9.64 Å². The molecule has 2 atom stereocenters. The van der Waals surface area contributed by atoms with Crippen molar-refractivity contribution in [3.8, 4) is 6.07 Å². The molecule has 0 spiro atoms. The highest BCUT2D eigenvalue weighted by Gasteiger charge is 2.37. The van der Waals surface area contributed by atoms with E-state index in [0.717, 1.165) is 22.3 Å². The van der Waals surface area contributed by atoms with E-state index in [4.69, 9.17) is 4.74 Å². The van der Waals surface area contributed by atoms with E-state index in [1.165, 1.54) is 0 Å². The molecule has 7 heteroatoms. The first-order chi connectivity index (χ1) is 11.8. The van der Waals surface area contributed by atoms with Crippen molar-refractivity contribution >= 4 is 16.6 Å². The number of hydrogen-bond donors (Lipinski definition) is 1. The molecule has 24 heavy (non-hydrogen) atoms. The minimum atomic E-state index is -0.00595. The Labute approximate surface area is 138 Å². The number of para-hydroxylation sites is 1. The molecule has 3 heterocycles. The number of benzene rings is 1. The van der Waals surface area contributed by atoms with Gasteiger partial charge in [0.25, 0.3) is 0 Å². The molecule has 1 aliphatic heterocycles. The fraction of sp³-hybridized carbons (Fsp3) is 0.294. The largest absolute Gasteiger partial charge is 0.379 e. The van der Waals surface area contributed by atoms with E-state index in [1.54, 1.807) is 19.5 Å². The second-order valence-electron chi connectivity index (χ2n) is 5.83. The summed E-state index contributed by atoms with van der Waals surface area (Å²) in [6, 6.07) is 10.1. The van der Waals surface area contributed by atoms with Gasteiger partial charge in [-0.25, -0.2) is 0 Å². The van der Waals surface area contributed by atoms with Crippen molar-refractivity contribution in [1.82, 2.24) is 20.4 Å². The van der Waals surface area contributed by atoms with Crippen LogP contribution < -0.4 is 4.90 Å². The van der Waals surface area contributed by atoms with E-state index in [2.05, 4.69) is 31.4 Å². The lowest BCUT2D eigenvalue weighted by atomic mass is 10.0. The number of H-pyrrole nitrogens is 1. The van der Waals surface area contributed by atoms with Crippen molar-refractivity contribution in [2.75, 3.05) is 25.1 Å². The Bertz CT molecular complexity index is 901. The van der Waals surface area contributed by atoms with Crippen LogP contribution in [0.1, 0.15) is 17.2 Å². The highest BCUT2D eigenvalue weighted by Crippen LogP contribution is 2.36. The first kappa shape index (κ1) is 14.6. The maximum absolute atomic E-state index is 9.54. The average Bonchev–Trinajstić information content (AvgIpc) is 3.29. The van der Waals surface area contributed by atoms with Crippen LogP contribution in [0.15, 0.2) is 36.7 Å². The number of methoxy groups -OCH3 is 1. The molecule has 0 radical (unpaired) electrons. The van der Waals surface area contributed by atoms with Crippen LogP contribution in [0.25, 0.3) is 10.9 Å². The number of hydrogen-bond acceptors (Lipinski definition) is 6. The second kappa shape index (κ2) is 5.91. The average molecular weight is 320 g/mol. The Morgan fingerprint density at radius 3 is 2.92 bits per heavy atom. The molecule has 0 aliphatic carbocycles. The molecule has 1 aromatic carbocycles. The van der Waals surface area contributed by atoms with Gasteiger partial charge in [0.05, 0.1) is 40.7 Å². The zero-order valence-electron chi connectivity index (χ0n) is 13.2. The zero-order valence-corrected chi connectivity index (χ0v) is 13.2. The molecular formula is C17H16N6O. The van der Waals surface area contributed by atoms with Gasteiger partial charge in [0, 0.05) is 31.8 Å². The molecule has 1 saturated heterocycles. The molecule has 1 aliphatic rings. The predicted molar refractivity (Wildman–Crippen MR) is 88.6 cm³/mol. The van der Waals surface area contributed by atoms with Gasteiger partial charge >= 0.3 is 0 Å². The molecule has 0 bridgehead atoms. The number of rotatable bonds is 3. The molecule has 120 valence electrons. The van der Waals surface area contributed by atoms with Crippen LogP contribution in [0.2, 0.25) is 0 Å². The number of nitrogens with one attached hydrogen (secondary N) is 1. The highest BCUT2D eigenvalue weighted by molar-refractivity contribution is 5.94. The summed E-state index contributed by atoms with van der Waals surface area (Å²) in [6.45, 7) is 1.41. The van der Waals surface area contributed by atoms with Crippen LogP contribution in [0.4, 0.5) is 5.69 Å². The van der Waals surface area contributed by atoms with E-state index in [1.807, 2.05) is 24.3 Å². The van der Waals surface area contributed by atoms with Crippen LogP contribution in [0.5, 0.6) is 0 Å². The number of pyridine rings is 1. The summed E-state index contributed by atoms with van der Waals surface area (Å²) in [5, 5.41) is 21.3. The number of aromatic nitrogens is 4. The number of fused-ring (bicyclic) bond motifs is 1. The summed E-state index contributed by atoms with van der Waals surface area (Å²) in [5.41, 5.74) is 3.24. The number of ether oxygens (including phenoxy) is 1. The van der Waals surface area contributed by atoms with Crippen LogP contribution in [0.3, 0.4) is 0 Å². The zero-order chi connectivity index (χ0) is 16.5. The van der Waals surface area contributed by atoms with Crippen molar-refractivity contribution in [2.45, 2.75) is 12.0 Å². The summed E-state index contributed by atoms with van der Waals surface area (Å²) >= 11 is 0. The van der Waals surface area contributed by atoms with Crippen LogP contribution >= 0.6 is 0 Å². The number of aromatic amines is 1. The Morgan fingerprint density at radius 1 is 1.29 bits per heavy atom. The van der Waals surface area contributed by atoms with Gasteiger partial charge in [-0.1, -0.05) is 18.2 Å². The molecule has 1 N–H and O–H groups in total. The number of nitrogens with zero attached hydrogens (tertiary/aromatic N) is 5. The van der Waals surface area contributed by atoms with Crippen molar-refractivity contribution in [2.24, 2.45) is 0 Å². The van der Waals surface area contributed by atoms with Gasteiger partial charge in [-0.3, -0.25) is 4.98 Å². The van der Waals surface area contributed by atoms with Crippen LogP contribution in [-0.2, 0) is 4.74 Å². The SMILES string of the molecule is CO[C@@H]1CN(c2c(C#N)cnc3ccccc23)C[C@H]1c1cn[nH]n1. The van der Waals surface area contributed by atoms with Crippen molar-refractivity contribution in [3.63, 3.8) is 0 Å². The molecule has 2 aromatic heterocycles. The van der Waals surface area contributed by atoms with Crippen molar-refractivity contribution in [1.29, 1.82) is 5.26 Å². The van der Waals surface area contributed by atoms with Gasteiger partial charge in [-0.05, 0) is 6.07 Å². The molecule has 1 fully saturated rings. The molecule has 0 amide bonds. The van der Waals surface area contributed by atoms with E-state index in [-0.39, 0.29) is 12.0 Å². The van der Waals surface area contributed by atoms with Crippen molar-refractivity contribution in [3.05, 3.63) is 47.9 Å². The first-order valence-corrected chi connectivity index (χ1v) is 7.73. The molecular weight excluding hydrogens is 304 g/mol. The van der Waals surface area contributed by atoms with Crippen LogP contribution in [-0.4, -0.2) is 46.7 Å². The third-order valence-electron chi connectivity index (χ3n) is 4.57. The number of anilines is 1. The fourth-order valence-corrected chi connectivity index (χ4v) is 3.42. The van der Waals surface area contributed by atoms with E-state index >= 15 is 0 Å². The standard InChI is InChI=1S/C17H16N6O/c1-24-16-10-23(9-13(16)15-8-20-22-21-15)17-11(6-18)7-19-14-5-3-2-4-12(14)17/h2-5,7-8,13,16H,9-10H2,1H3,(H,20,21,22)/t13-,16+/m0/s1.